The van der Waals surface area contributed by atoms with Gasteiger partial charge in [0.05, 0.1) is 18.8 Å². The number of hydrogen-bond acceptors (Lipinski definition) is 5. The third-order valence-corrected chi connectivity index (χ3v) is 9.32. The van der Waals surface area contributed by atoms with Gasteiger partial charge >= 0.3 is 0 Å². The van der Waals surface area contributed by atoms with E-state index in [1.165, 1.54) is 141 Å². The van der Waals surface area contributed by atoms with Crippen molar-refractivity contribution >= 4 is 5.91 Å². The summed E-state index contributed by atoms with van der Waals surface area (Å²) in [6, 6.07) is -0.976. The summed E-state index contributed by atoms with van der Waals surface area (Å²) in [4.78, 5) is 12.4. The van der Waals surface area contributed by atoms with E-state index in [0.29, 0.717) is 12.8 Å². The first kappa shape index (κ1) is 43.3. The van der Waals surface area contributed by atoms with Gasteiger partial charge in [-0.1, -0.05) is 194 Å². The highest BCUT2D eigenvalue weighted by Gasteiger charge is 2.28. The van der Waals surface area contributed by atoms with Gasteiger partial charge in [0.1, 0.15) is 12.2 Å². The van der Waals surface area contributed by atoms with E-state index in [0.717, 1.165) is 38.5 Å². The lowest BCUT2D eigenvalue weighted by molar-refractivity contribution is -0.132. The number of rotatable bonds is 35. The molecule has 0 aliphatic carbocycles. The van der Waals surface area contributed by atoms with Crippen LogP contribution in [-0.2, 0) is 4.79 Å². The van der Waals surface area contributed by atoms with Gasteiger partial charge in [-0.2, -0.15) is 0 Å². The van der Waals surface area contributed by atoms with Gasteiger partial charge in [0.25, 0.3) is 0 Å². The summed E-state index contributed by atoms with van der Waals surface area (Å²) in [6.07, 6.45) is 32.8. The Morgan fingerprint density at radius 2 is 0.773 bits per heavy atom. The second kappa shape index (κ2) is 33.7. The van der Waals surface area contributed by atoms with Crippen molar-refractivity contribution in [3.05, 3.63) is 0 Å². The lowest BCUT2D eigenvalue weighted by Gasteiger charge is -2.27. The van der Waals surface area contributed by atoms with Crippen LogP contribution in [0.2, 0.25) is 0 Å². The van der Waals surface area contributed by atoms with E-state index in [-0.39, 0.29) is 0 Å². The topological polar surface area (TPSA) is 110 Å². The number of carbonyl (C=O) groups excluding carboxylic acids is 1. The summed E-state index contributed by atoms with van der Waals surface area (Å²) < 4.78 is 0. The number of aliphatic hydroxyl groups excluding tert-OH is 4. The van der Waals surface area contributed by atoms with Crippen molar-refractivity contribution in [2.45, 2.75) is 231 Å². The molecule has 0 aliphatic heterocycles. The Hall–Kier alpha value is -0.690. The summed E-state index contributed by atoms with van der Waals surface area (Å²) in [5, 5.41) is 43.4. The first-order valence-corrected chi connectivity index (χ1v) is 19.4. The van der Waals surface area contributed by atoms with Crippen LogP contribution < -0.4 is 5.32 Å². The van der Waals surface area contributed by atoms with Gasteiger partial charge in [-0.3, -0.25) is 4.79 Å². The Kier molecular flexibility index (Phi) is 33.1. The lowest BCUT2D eigenvalue weighted by atomic mass is 9.99. The van der Waals surface area contributed by atoms with E-state index in [1.807, 2.05) is 0 Å². The minimum absolute atomic E-state index is 0.375. The van der Waals surface area contributed by atoms with Gasteiger partial charge in [0.15, 0.2) is 0 Å². The van der Waals surface area contributed by atoms with Crippen LogP contribution in [0.25, 0.3) is 0 Å². The van der Waals surface area contributed by atoms with Crippen LogP contribution in [0.15, 0.2) is 0 Å². The second-order valence-corrected chi connectivity index (χ2v) is 13.6. The van der Waals surface area contributed by atoms with E-state index < -0.39 is 36.9 Å². The standard InChI is InChI=1S/C38H77NO5/c1-3-5-7-9-11-13-14-15-16-17-18-19-20-21-22-24-26-28-30-32-36(42)38(44)39-34(33-40)37(43)35(41)31-29-27-25-23-12-10-8-6-4-2/h34-37,40-43H,3-33H2,1-2H3,(H,39,44)/t34?,35?,36-,37?/m1/s1. The molecule has 0 radical (unpaired) electrons. The molecule has 0 heterocycles. The van der Waals surface area contributed by atoms with E-state index in [1.54, 1.807) is 0 Å². The van der Waals surface area contributed by atoms with Crippen molar-refractivity contribution in [2.24, 2.45) is 0 Å². The molecule has 0 bridgehead atoms. The molecule has 0 aromatic heterocycles. The number of aliphatic hydroxyl groups is 4. The monoisotopic (exact) mass is 628 g/mol. The van der Waals surface area contributed by atoms with Crippen LogP contribution in [0.1, 0.15) is 206 Å². The average Bonchev–Trinajstić information content (AvgIpc) is 3.03. The van der Waals surface area contributed by atoms with Crippen LogP contribution in [0.3, 0.4) is 0 Å². The fraction of sp³-hybridized carbons (Fsp3) is 0.974. The Balaban J connectivity index is 3.70. The highest BCUT2D eigenvalue weighted by atomic mass is 16.3. The number of amides is 1. The zero-order chi connectivity index (χ0) is 32.5. The minimum Gasteiger partial charge on any atom is -0.394 e. The summed E-state index contributed by atoms with van der Waals surface area (Å²) in [5.74, 6) is -0.583. The maximum atomic E-state index is 12.4. The van der Waals surface area contributed by atoms with Crippen molar-refractivity contribution in [2.75, 3.05) is 6.61 Å². The third kappa shape index (κ3) is 27.6. The molecule has 6 nitrogen and oxygen atoms in total. The van der Waals surface area contributed by atoms with Crippen LogP contribution in [0.4, 0.5) is 0 Å². The number of unbranched alkanes of at least 4 members (excludes halogenated alkanes) is 26. The van der Waals surface area contributed by atoms with Crippen molar-refractivity contribution in [3.8, 4) is 0 Å². The molecular weight excluding hydrogens is 550 g/mol. The summed E-state index contributed by atoms with van der Waals surface area (Å²) in [6.45, 7) is 4.02. The molecule has 0 saturated heterocycles. The summed E-state index contributed by atoms with van der Waals surface area (Å²) in [5.41, 5.74) is 0. The van der Waals surface area contributed by atoms with Gasteiger partial charge in [0.2, 0.25) is 5.91 Å². The van der Waals surface area contributed by atoms with Gasteiger partial charge in [-0.05, 0) is 12.8 Å². The molecule has 6 heteroatoms. The predicted octanol–water partition coefficient (Wildman–Crippen LogP) is 9.29. The Morgan fingerprint density at radius 3 is 1.09 bits per heavy atom. The smallest absolute Gasteiger partial charge is 0.249 e. The Morgan fingerprint density at radius 1 is 0.477 bits per heavy atom. The second-order valence-electron chi connectivity index (χ2n) is 13.6. The molecule has 0 rings (SSSR count). The fourth-order valence-electron chi connectivity index (χ4n) is 6.17. The maximum absolute atomic E-state index is 12.4. The minimum atomic E-state index is -1.25. The summed E-state index contributed by atoms with van der Waals surface area (Å²) in [7, 11) is 0. The van der Waals surface area contributed by atoms with E-state index in [9.17, 15) is 25.2 Å². The number of carbonyl (C=O) groups is 1. The summed E-state index contributed by atoms with van der Waals surface area (Å²) >= 11 is 0. The molecule has 1 amide bonds. The van der Waals surface area contributed by atoms with Gasteiger partial charge < -0.3 is 25.7 Å². The fourth-order valence-corrected chi connectivity index (χ4v) is 6.17. The van der Waals surface area contributed by atoms with Crippen molar-refractivity contribution in [1.82, 2.24) is 5.32 Å². The molecule has 0 aromatic rings. The molecule has 0 saturated carbocycles. The van der Waals surface area contributed by atoms with Gasteiger partial charge in [0, 0.05) is 0 Å². The van der Waals surface area contributed by atoms with Crippen LogP contribution in [-0.4, -0.2) is 57.3 Å². The predicted molar refractivity (Wildman–Crippen MR) is 187 cm³/mol. The van der Waals surface area contributed by atoms with E-state index in [4.69, 9.17) is 0 Å². The third-order valence-electron chi connectivity index (χ3n) is 9.32. The first-order chi connectivity index (χ1) is 21.5. The van der Waals surface area contributed by atoms with Crippen LogP contribution in [0, 0.1) is 0 Å². The number of nitrogens with one attached hydrogen (secondary N) is 1. The molecule has 0 aliphatic rings. The molecule has 0 fully saturated rings. The maximum Gasteiger partial charge on any atom is 0.249 e. The van der Waals surface area contributed by atoms with Gasteiger partial charge in [-0.25, -0.2) is 0 Å². The van der Waals surface area contributed by atoms with Crippen LogP contribution >= 0.6 is 0 Å². The average molecular weight is 628 g/mol. The molecule has 4 atom stereocenters. The largest absolute Gasteiger partial charge is 0.394 e. The SMILES string of the molecule is CCCCCCCCCCCCCCCCCCCCC[C@@H](O)C(=O)NC(CO)C(O)C(O)CCCCCCCCCCC. The van der Waals surface area contributed by atoms with E-state index in [2.05, 4.69) is 19.2 Å². The molecule has 0 spiro atoms. The van der Waals surface area contributed by atoms with E-state index >= 15 is 0 Å². The number of hydrogen-bond donors (Lipinski definition) is 5. The zero-order valence-electron chi connectivity index (χ0n) is 29.4. The molecule has 5 N–H and O–H groups in total. The van der Waals surface area contributed by atoms with Crippen molar-refractivity contribution < 1.29 is 25.2 Å². The first-order valence-electron chi connectivity index (χ1n) is 19.4. The Labute approximate surface area is 273 Å². The highest BCUT2D eigenvalue weighted by Crippen LogP contribution is 2.16. The molecule has 44 heavy (non-hydrogen) atoms. The zero-order valence-corrected chi connectivity index (χ0v) is 29.4. The molecular formula is C38H77NO5. The van der Waals surface area contributed by atoms with Crippen LogP contribution in [0.5, 0.6) is 0 Å². The molecule has 0 aromatic carbocycles. The van der Waals surface area contributed by atoms with Crippen molar-refractivity contribution in [3.63, 3.8) is 0 Å². The van der Waals surface area contributed by atoms with Gasteiger partial charge in [-0.15, -0.1) is 0 Å². The quantitative estimate of drug-likeness (QED) is 0.0450. The lowest BCUT2D eigenvalue weighted by Crippen LogP contribution is -2.53. The molecule has 3 unspecified atom stereocenters. The molecule has 264 valence electrons. The Bertz CT molecular complexity index is 590. The normalized spacial score (nSPS) is 14.4. The highest BCUT2D eigenvalue weighted by molar-refractivity contribution is 5.80. The van der Waals surface area contributed by atoms with Crippen molar-refractivity contribution in [1.29, 1.82) is 0 Å².